The molecular formula is C30H44N2O2. The van der Waals surface area contributed by atoms with E-state index >= 15 is 0 Å². The lowest BCUT2D eigenvalue weighted by Crippen LogP contribution is -2.10. The highest BCUT2D eigenvalue weighted by molar-refractivity contribution is 5.85. The summed E-state index contributed by atoms with van der Waals surface area (Å²) in [5, 5.41) is 21.2. The van der Waals surface area contributed by atoms with E-state index in [9.17, 15) is 10.2 Å². The van der Waals surface area contributed by atoms with Crippen LogP contribution >= 0.6 is 0 Å². The van der Waals surface area contributed by atoms with E-state index in [2.05, 4.69) is 77.5 Å². The Balaban J connectivity index is 2.11. The van der Waals surface area contributed by atoms with Gasteiger partial charge in [-0.25, -0.2) is 0 Å². The Morgan fingerprint density at radius 2 is 1.00 bits per heavy atom. The summed E-state index contributed by atoms with van der Waals surface area (Å²) < 4.78 is 0. The summed E-state index contributed by atoms with van der Waals surface area (Å²) in [6, 6.07) is 8.29. The molecule has 0 fully saturated rings. The minimum atomic E-state index is 0.179. The summed E-state index contributed by atoms with van der Waals surface area (Å²) >= 11 is 0. The molecule has 186 valence electrons. The third kappa shape index (κ3) is 8.62. The SMILES string of the molecule is CCc1cc(CC(C)(C)C)cc(C=NCCN=Cc2cc(CC(C)(C)C)cc(CC)c2O)c1O. The lowest BCUT2D eigenvalue weighted by Gasteiger charge is -2.19. The number of benzene rings is 2. The van der Waals surface area contributed by atoms with Crippen LogP contribution in [0.25, 0.3) is 0 Å². The Morgan fingerprint density at radius 1 is 0.647 bits per heavy atom. The Bertz CT molecular complexity index is 938. The van der Waals surface area contributed by atoms with E-state index < -0.39 is 0 Å². The largest absolute Gasteiger partial charge is 0.507 e. The molecule has 0 aliphatic rings. The zero-order valence-electron chi connectivity index (χ0n) is 22.5. The molecule has 0 saturated heterocycles. The van der Waals surface area contributed by atoms with E-state index in [4.69, 9.17) is 0 Å². The lowest BCUT2D eigenvalue weighted by molar-refractivity contribution is 0.410. The first kappa shape index (κ1) is 27.6. The fourth-order valence-electron chi connectivity index (χ4n) is 4.18. The second-order valence-corrected chi connectivity index (χ2v) is 11.6. The van der Waals surface area contributed by atoms with E-state index in [-0.39, 0.29) is 10.8 Å². The standard InChI is InChI=1S/C30H44N2O2/c1-9-23-13-21(17-29(3,4)5)15-25(27(23)33)19-31-11-12-32-20-26-16-22(18-30(6,7)8)14-24(10-2)28(26)34/h13-16,19-20,33-34H,9-12,17-18H2,1-8H3. The maximum atomic E-state index is 10.6. The molecule has 0 bridgehead atoms. The molecule has 0 heterocycles. The average Bonchev–Trinajstić information content (AvgIpc) is 2.72. The number of hydrogen-bond acceptors (Lipinski definition) is 4. The number of nitrogens with zero attached hydrogens (tertiary/aromatic N) is 2. The third-order valence-electron chi connectivity index (χ3n) is 5.61. The van der Waals surface area contributed by atoms with Crippen molar-refractivity contribution >= 4 is 12.4 Å². The number of rotatable bonds is 9. The van der Waals surface area contributed by atoms with E-state index in [1.165, 1.54) is 11.1 Å². The van der Waals surface area contributed by atoms with Gasteiger partial charge in [-0.1, -0.05) is 67.5 Å². The van der Waals surface area contributed by atoms with Crippen LogP contribution in [0.15, 0.2) is 34.3 Å². The highest BCUT2D eigenvalue weighted by Crippen LogP contribution is 2.29. The van der Waals surface area contributed by atoms with Crippen LogP contribution in [0.1, 0.15) is 88.8 Å². The number of hydrogen-bond donors (Lipinski definition) is 2. The van der Waals surface area contributed by atoms with Gasteiger partial charge in [-0.05, 0) is 70.9 Å². The van der Waals surface area contributed by atoms with Gasteiger partial charge >= 0.3 is 0 Å². The van der Waals surface area contributed by atoms with Crippen LogP contribution in [0.5, 0.6) is 11.5 Å². The van der Waals surface area contributed by atoms with Gasteiger partial charge in [0.2, 0.25) is 0 Å². The zero-order valence-corrected chi connectivity index (χ0v) is 22.5. The average molecular weight is 465 g/mol. The molecule has 34 heavy (non-hydrogen) atoms. The van der Waals surface area contributed by atoms with Gasteiger partial charge in [0.15, 0.2) is 0 Å². The van der Waals surface area contributed by atoms with Gasteiger partial charge in [0.25, 0.3) is 0 Å². The van der Waals surface area contributed by atoms with Gasteiger partial charge in [-0.2, -0.15) is 0 Å². The number of phenolic OH excluding ortho intramolecular Hbond substituents is 2. The second kappa shape index (κ2) is 11.7. The maximum absolute atomic E-state index is 10.6. The van der Waals surface area contributed by atoms with Gasteiger partial charge < -0.3 is 10.2 Å². The van der Waals surface area contributed by atoms with E-state index in [1.807, 2.05) is 12.1 Å². The molecule has 2 rings (SSSR count). The summed E-state index contributed by atoms with van der Waals surface area (Å²) in [4.78, 5) is 9.02. The molecule has 2 aromatic carbocycles. The first-order chi connectivity index (χ1) is 15.8. The van der Waals surface area contributed by atoms with Gasteiger partial charge in [-0.3, -0.25) is 9.98 Å². The first-order valence-corrected chi connectivity index (χ1v) is 12.5. The van der Waals surface area contributed by atoms with Crippen LogP contribution in [0.2, 0.25) is 0 Å². The summed E-state index contributed by atoms with van der Waals surface area (Å²) in [7, 11) is 0. The molecule has 0 saturated carbocycles. The molecule has 4 nitrogen and oxygen atoms in total. The Labute approximate surface area is 206 Å². The maximum Gasteiger partial charge on any atom is 0.127 e. The normalized spacial score (nSPS) is 12.8. The monoisotopic (exact) mass is 464 g/mol. The van der Waals surface area contributed by atoms with Crippen LogP contribution < -0.4 is 0 Å². The van der Waals surface area contributed by atoms with Crippen LogP contribution in [0.3, 0.4) is 0 Å². The Morgan fingerprint density at radius 3 is 1.29 bits per heavy atom. The second-order valence-electron chi connectivity index (χ2n) is 11.6. The van der Waals surface area contributed by atoms with Crippen LogP contribution in [-0.2, 0) is 25.7 Å². The van der Waals surface area contributed by atoms with Gasteiger partial charge in [0, 0.05) is 23.6 Å². The molecule has 4 heteroatoms. The Hall–Kier alpha value is -2.62. The van der Waals surface area contributed by atoms with Crippen molar-refractivity contribution < 1.29 is 10.2 Å². The lowest BCUT2D eigenvalue weighted by atomic mass is 9.86. The molecule has 0 aliphatic heterocycles. The molecule has 2 N–H and O–H groups in total. The zero-order chi connectivity index (χ0) is 25.5. The Kier molecular flexibility index (Phi) is 9.49. The number of phenols is 2. The van der Waals surface area contributed by atoms with Crippen molar-refractivity contribution in [1.82, 2.24) is 0 Å². The summed E-state index contributed by atoms with van der Waals surface area (Å²) in [6.45, 7) is 18.5. The van der Waals surface area contributed by atoms with Crippen molar-refractivity contribution in [3.8, 4) is 11.5 Å². The summed E-state index contributed by atoms with van der Waals surface area (Å²) in [6.07, 6.45) is 6.98. The van der Waals surface area contributed by atoms with E-state index in [0.29, 0.717) is 24.6 Å². The predicted molar refractivity (Wildman–Crippen MR) is 146 cm³/mol. The predicted octanol–water partition coefficient (Wildman–Crippen LogP) is 6.94. The van der Waals surface area contributed by atoms with E-state index in [1.54, 1.807) is 12.4 Å². The van der Waals surface area contributed by atoms with E-state index in [0.717, 1.165) is 47.9 Å². The van der Waals surface area contributed by atoms with Gasteiger partial charge in [0.05, 0.1) is 13.1 Å². The number of aryl methyl sites for hydroxylation is 2. The molecule has 0 radical (unpaired) electrons. The molecular weight excluding hydrogens is 420 g/mol. The van der Waals surface area contributed by atoms with Crippen molar-refractivity contribution in [3.05, 3.63) is 57.6 Å². The third-order valence-corrected chi connectivity index (χ3v) is 5.61. The molecule has 2 aromatic rings. The summed E-state index contributed by atoms with van der Waals surface area (Å²) in [5.74, 6) is 0.639. The molecule has 0 aromatic heterocycles. The van der Waals surface area contributed by atoms with Crippen LogP contribution in [-0.4, -0.2) is 35.7 Å². The van der Waals surface area contributed by atoms with Crippen molar-refractivity contribution in [2.24, 2.45) is 20.8 Å². The van der Waals surface area contributed by atoms with Crippen molar-refractivity contribution in [2.45, 2.75) is 81.1 Å². The van der Waals surface area contributed by atoms with Crippen molar-refractivity contribution in [2.75, 3.05) is 13.1 Å². The topological polar surface area (TPSA) is 65.2 Å². The fraction of sp³-hybridized carbons (Fsp3) is 0.533. The quantitative estimate of drug-likeness (QED) is 0.312. The first-order valence-electron chi connectivity index (χ1n) is 12.5. The van der Waals surface area contributed by atoms with Crippen molar-refractivity contribution in [1.29, 1.82) is 0 Å². The van der Waals surface area contributed by atoms with Gasteiger partial charge in [-0.15, -0.1) is 0 Å². The van der Waals surface area contributed by atoms with Crippen molar-refractivity contribution in [3.63, 3.8) is 0 Å². The summed E-state index contributed by atoms with van der Waals surface area (Å²) in [5.41, 5.74) is 6.25. The molecule has 0 aliphatic carbocycles. The minimum Gasteiger partial charge on any atom is -0.507 e. The smallest absolute Gasteiger partial charge is 0.127 e. The van der Waals surface area contributed by atoms with Crippen LogP contribution in [0.4, 0.5) is 0 Å². The minimum absolute atomic E-state index is 0.179. The molecule has 0 amide bonds. The molecule has 0 unspecified atom stereocenters. The highest BCUT2D eigenvalue weighted by Gasteiger charge is 2.16. The highest BCUT2D eigenvalue weighted by atomic mass is 16.3. The molecule has 0 spiro atoms. The number of aliphatic imine (C=N–C) groups is 2. The van der Waals surface area contributed by atoms with Gasteiger partial charge in [0.1, 0.15) is 11.5 Å². The fourth-order valence-corrected chi connectivity index (χ4v) is 4.18. The molecule has 0 atom stereocenters. The number of aromatic hydroxyl groups is 2. The van der Waals surface area contributed by atoms with Crippen LogP contribution in [0, 0.1) is 10.8 Å².